The highest BCUT2D eigenvalue weighted by Crippen LogP contribution is 2.11. The Hall–Kier alpha value is -2.18. The van der Waals surface area contributed by atoms with Crippen molar-refractivity contribution in [3.63, 3.8) is 0 Å². The van der Waals surface area contributed by atoms with Crippen LogP contribution in [0.3, 0.4) is 0 Å². The van der Waals surface area contributed by atoms with E-state index in [0.717, 1.165) is 12.1 Å². The minimum atomic E-state index is -3.42. The third kappa shape index (κ3) is 6.17. The van der Waals surface area contributed by atoms with Crippen LogP contribution >= 0.6 is 0 Å². The van der Waals surface area contributed by atoms with Crippen molar-refractivity contribution in [1.29, 1.82) is 0 Å². The van der Waals surface area contributed by atoms with E-state index in [-0.39, 0.29) is 23.0 Å². The molecule has 1 heterocycles. The lowest BCUT2D eigenvalue weighted by Gasteiger charge is -2.23. The number of hydrogen-bond donors (Lipinski definition) is 2. The smallest absolute Gasteiger partial charge is 0.221 e. The molecular formula is C22H29N2O3S+. The maximum Gasteiger partial charge on any atom is 0.221 e. The molecule has 0 unspecified atom stereocenters. The van der Waals surface area contributed by atoms with E-state index in [9.17, 15) is 13.2 Å². The molecule has 1 aliphatic heterocycles. The highest BCUT2D eigenvalue weighted by atomic mass is 32.2. The summed E-state index contributed by atoms with van der Waals surface area (Å²) < 4.78 is 24.5. The van der Waals surface area contributed by atoms with Crippen LogP contribution in [0.1, 0.15) is 36.8 Å². The third-order valence-corrected chi connectivity index (χ3v) is 6.96. The summed E-state index contributed by atoms with van der Waals surface area (Å²) in [4.78, 5) is 13.9. The quantitative estimate of drug-likeness (QED) is 0.708. The van der Waals surface area contributed by atoms with Gasteiger partial charge in [0.1, 0.15) is 6.54 Å². The van der Waals surface area contributed by atoms with Crippen molar-refractivity contribution >= 4 is 15.7 Å². The van der Waals surface area contributed by atoms with Crippen molar-refractivity contribution < 1.29 is 18.1 Å². The van der Waals surface area contributed by atoms with E-state index in [0.29, 0.717) is 6.54 Å². The monoisotopic (exact) mass is 401 g/mol. The summed E-state index contributed by atoms with van der Waals surface area (Å²) in [6.07, 6.45) is 3.96. The zero-order valence-corrected chi connectivity index (χ0v) is 17.0. The first-order chi connectivity index (χ1) is 13.5. The molecule has 0 radical (unpaired) electrons. The number of sulfone groups is 1. The van der Waals surface area contributed by atoms with Crippen molar-refractivity contribution in [2.24, 2.45) is 0 Å². The van der Waals surface area contributed by atoms with E-state index in [1.807, 2.05) is 12.1 Å². The number of amides is 1. The number of likely N-dealkylation sites (tertiary alicyclic amines) is 1. The topological polar surface area (TPSA) is 67.7 Å². The SMILES string of the molecule is O=C(CCS(=O)(=O)c1ccccc1)NCc1ccc(C[NH+]2CCCCC2)cc1. The molecular weight excluding hydrogens is 372 g/mol. The fraction of sp³-hybridized carbons (Fsp3) is 0.409. The molecule has 1 aliphatic rings. The van der Waals surface area contributed by atoms with Gasteiger partial charge in [0, 0.05) is 18.5 Å². The van der Waals surface area contributed by atoms with Gasteiger partial charge in [-0.25, -0.2) is 8.42 Å². The minimum absolute atomic E-state index is 0.0341. The van der Waals surface area contributed by atoms with Gasteiger partial charge in [0.05, 0.1) is 23.7 Å². The van der Waals surface area contributed by atoms with Gasteiger partial charge in [-0.1, -0.05) is 42.5 Å². The Labute approximate surface area is 167 Å². The molecule has 0 aromatic heterocycles. The van der Waals surface area contributed by atoms with Gasteiger partial charge in [0.25, 0.3) is 0 Å². The Morgan fingerprint density at radius 3 is 2.21 bits per heavy atom. The molecule has 1 amide bonds. The zero-order valence-electron chi connectivity index (χ0n) is 16.2. The number of carbonyl (C=O) groups is 1. The third-order valence-electron chi connectivity index (χ3n) is 5.23. The molecule has 3 rings (SSSR count). The van der Waals surface area contributed by atoms with Crippen LogP contribution in [0.25, 0.3) is 0 Å². The molecule has 1 fully saturated rings. The summed E-state index contributed by atoms with van der Waals surface area (Å²) in [5.74, 6) is -0.429. The van der Waals surface area contributed by atoms with Crippen molar-refractivity contribution in [2.75, 3.05) is 18.8 Å². The maximum atomic E-state index is 12.2. The largest absolute Gasteiger partial charge is 0.352 e. The van der Waals surface area contributed by atoms with Crippen LogP contribution in [-0.2, 0) is 27.7 Å². The van der Waals surface area contributed by atoms with E-state index in [1.54, 1.807) is 35.2 Å². The number of rotatable bonds is 8. The maximum absolute atomic E-state index is 12.2. The summed E-state index contributed by atoms with van der Waals surface area (Å²) >= 11 is 0. The van der Waals surface area contributed by atoms with E-state index >= 15 is 0 Å². The second kappa shape index (κ2) is 9.85. The highest BCUT2D eigenvalue weighted by Gasteiger charge is 2.16. The average Bonchev–Trinajstić information content (AvgIpc) is 2.73. The second-order valence-corrected chi connectivity index (χ2v) is 9.57. The number of nitrogens with one attached hydrogen (secondary N) is 2. The molecule has 2 aromatic rings. The second-order valence-electron chi connectivity index (χ2n) is 7.46. The van der Waals surface area contributed by atoms with E-state index in [2.05, 4.69) is 17.4 Å². The van der Waals surface area contributed by atoms with Gasteiger partial charge in [0.15, 0.2) is 9.84 Å². The van der Waals surface area contributed by atoms with Crippen molar-refractivity contribution in [3.05, 3.63) is 65.7 Å². The molecule has 0 bridgehead atoms. The fourth-order valence-corrected chi connectivity index (χ4v) is 4.82. The van der Waals surface area contributed by atoms with Crippen LogP contribution in [0, 0.1) is 0 Å². The first kappa shape index (κ1) is 20.6. The number of carbonyl (C=O) groups excluding carboxylic acids is 1. The fourth-order valence-electron chi connectivity index (χ4n) is 3.55. The molecule has 28 heavy (non-hydrogen) atoms. The summed E-state index contributed by atoms with van der Waals surface area (Å²) in [5.41, 5.74) is 2.34. The van der Waals surface area contributed by atoms with Crippen molar-refractivity contribution in [1.82, 2.24) is 5.32 Å². The van der Waals surface area contributed by atoms with Gasteiger partial charge < -0.3 is 10.2 Å². The summed E-state index contributed by atoms with van der Waals surface area (Å²) in [6.45, 7) is 3.98. The van der Waals surface area contributed by atoms with Crippen LogP contribution in [0.2, 0.25) is 0 Å². The van der Waals surface area contributed by atoms with Crippen molar-refractivity contribution in [2.45, 2.75) is 43.7 Å². The van der Waals surface area contributed by atoms with E-state index in [1.165, 1.54) is 37.9 Å². The molecule has 1 saturated heterocycles. The minimum Gasteiger partial charge on any atom is -0.352 e. The molecule has 0 saturated carbocycles. The van der Waals surface area contributed by atoms with Crippen LogP contribution < -0.4 is 10.2 Å². The Morgan fingerprint density at radius 1 is 0.893 bits per heavy atom. The first-order valence-corrected chi connectivity index (χ1v) is 11.6. The van der Waals surface area contributed by atoms with Crippen LogP contribution in [0.5, 0.6) is 0 Å². The standard InChI is InChI=1S/C22H28N2O3S/c25-22(13-16-28(26,27)21-7-3-1-4-8-21)23-17-19-9-11-20(12-10-19)18-24-14-5-2-6-15-24/h1,3-4,7-12H,2,5-6,13-18H2,(H,23,25)/p+1. The lowest BCUT2D eigenvalue weighted by atomic mass is 10.1. The first-order valence-electron chi connectivity index (χ1n) is 9.99. The van der Waals surface area contributed by atoms with Gasteiger partial charge in [0.2, 0.25) is 5.91 Å². The molecule has 150 valence electrons. The zero-order chi connectivity index (χ0) is 19.8. The molecule has 2 aromatic carbocycles. The van der Waals surface area contributed by atoms with Gasteiger partial charge in [-0.2, -0.15) is 0 Å². The Morgan fingerprint density at radius 2 is 1.54 bits per heavy atom. The van der Waals surface area contributed by atoms with Gasteiger partial charge >= 0.3 is 0 Å². The van der Waals surface area contributed by atoms with Gasteiger partial charge in [-0.3, -0.25) is 4.79 Å². The Bertz CT molecular complexity index is 858. The number of benzene rings is 2. The lowest BCUT2D eigenvalue weighted by Crippen LogP contribution is -3.11. The summed E-state index contributed by atoms with van der Waals surface area (Å²) in [7, 11) is -3.42. The van der Waals surface area contributed by atoms with Crippen LogP contribution in [0.4, 0.5) is 0 Å². The predicted octanol–water partition coefficient (Wildman–Crippen LogP) is 1.74. The highest BCUT2D eigenvalue weighted by molar-refractivity contribution is 7.91. The molecule has 0 spiro atoms. The molecule has 2 N–H and O–H groups in total. The van der Waals surface area contributed by atoms with Crippen LogP contribution in [-0.4, -0.2) is 33.2 Å². The van der Waals surface area contributed by atoms with Crippen LogP contribution in [0.15, 0.2) is 59.5 Å². The summed E-state index contributed by atoms with van der Waals surface area (Å²) in [5, 5.41) is 2.82. The Balaban J connectivity index is 1.43. The van der Waals surface area contributed by atoms with Gasteiger partial charge in [-0.15, -0.1) is 0 Å². The van der Waals surface area contributed by atoms with E-state index in [4.69, 9.17) is 0 Å². The average molecular weight is 402 g/mol. The van der Waals surface area contributed by atoms with Crippen molar-refractivity contribution in [3.8, 4) is 0 Å². The normalized spacial score (nSPS) is 15.3. The number of quaternary nitrogens is 1. The number of piperidine rings is 1. The molecule has 5 nitrogen and oxygen atoms in total. The molecule has 0 aliphatic carbocycles. The number of hydrogen-bond acceptors (Lipinski definition) is 3. The molecule has 6 heteroatoms. The summed E-state index contributed by atoms with van der Waals surface area (Å²) in [6, 6.07) is 16.6. The molecule has 0 atom stereocenters. The van der Waals surface area contributed by atoms with Gasteiger partial charge in [-0.05, 0) is 37.0 Å². The predicted molar refractivity (Wildman–Crippen MR) is 110 cm³/mol. The lowest BCUT2D eigenvalue weighted by molar-refractivity contribution is -0.918. The Kier molecular flexibility index (Phi) is 7.23. The van der Waals surface area contributed by atoms with E-state index < -0.39 is 9.84 Å².